The van der Waals surface area contributed by atoms with Crippen LogP contribution in [-0.4, -0.2) is 18.0 Å². The van der Waals surface area contributed by atoms with E-state index in [4.69, 9.17) is 9.15 Å². The molecule has 0 unspecified atom stereocenters. The Hall–Kier alpha value is -2.82. The van der Waals surface area contributed by atoms with E-state index in [-0.39, 0.29) is 5.91 Å². The van der Waals surface area contributed by atoms with Crippen LogP contribution in [0.5, 0.6) is 5.75 Å². The molecule has 0 saturated carbocycles. The molecule has 0 aliphatic heterocycles. The number of aromatic nitrogens is 1. The maximum atomic E-state index is 11.9. The molecule has 24 heavy (non-hydrogen) atoms. The minimum Gasteiger partial charge on any atom is -0.497 e. The highest BCUT2D eigenvalue weighted by Crippen LogP contribution is 2.31. The summed E-state index contributed by atoms with van der Waals surface area (Å²) in [5.41, 5.74) is 4.01. The third kappa shape index (κ3) is 3.11. The number of methoxy groups -OCH3 is 1. The third-order valence-corrected chi connectivity index (χ3v) is 3.91. The maximum Gasteiger partial charge on any atom is 0.227 e. The van der Waals surface area contributed by atoms with Gasteiger partial charge in [0.1, 0.15) is 11.3 Å². The number of hydrogen-bond acceptors (Lipinski definition) is 4. The smallest absolute Gasteiger partial charge is 0.227 e. The second kappa shape index (κ2) is 6.74. The van der Waals surface area contributed by atoms with E-state index in [0.29, 0.717) is 17.9 Å². The van der Waals surface area contributed by atoms with Gasteiger partial charge in [-0.1, -0.05) is 13.0 Å². The first-order valence-corrected chi connectivity index (χ1v) is 7.96. The molecule has 2 aromatic carbocycles. The van der Waals surface area contributed by atoms with Gasteiger partial charge in [0.05, 0.1) is 7.11 Å². The quantitative estimate of drug-likeness (QED) is 0.748. The van der Waals surface area contributed by atoms with Crippen LogP contribution in [0.3, 0.4) is 0 Å². The van der Waals surface area contributed by atoms with E-state index in [2.05, 4.69) is 10.3 Å². The molecule has 0 spiro atoms. The summed E-state index contributed by atoms with van der Waals surface area (Å²) < 4.78 is 11.1. The number of anilines is 1. The summed E-state index contributed by atoms with van der Waals surface area (Å²) in [6.45, 7) is 3.93. The Labute approximate surface area is 140 Å². The number of nitrogens with one attached hydrogen (secondary N) is 1. The molecule has 0 atom stereocenters. The van der Waals surface area contributed by atoms with Crippen molar-refractivity contribution in [1.29, 1.82) is 0 Å². The lowest BCUT2D eigenvalue weighted by molar-refractivity contribution is -0.116. The largest absolute Gasteiger partial charge is 0.497 e. The lowest BCUT2D eigenvalue weighted by atomic mass is 10.1. The first-order chi connectivity index (χ1) is 11.6. The Morgan fingerprint density at radius 2 is 2.12 bits per heavy atom. The Balaban J connectivity index is 1.98. The van der Waals surface area contributed by atoms with Crippen LogP contribution in [0.15, 0.2) is 40.8 Å². The predicted octanol–water partition coefficient (Wildman–Crippen LogP) is 4.55. The van der Waals surface area contributed by atoms with Gasteiger partial charge in [-0.05, 0) is 43.2 Å². The molecule has 0 bridgehead atoms. The zero-order chi connectivity index (χ0) is 17.1. The molecule has 5 heteroatoms. The molecule has 3 aromatic rings. The van der Waals surface area contributed by atoms with E-state index < -0.39 is 0 Å². The highest BCUT2D eigenvalue weighted by atomic mass is 16.5. The van der Waals surface area contributed by atoms with Gasteiger partial charge in [0.2, 0.25) is 11.8 Å². The standard InChI is InChI=1S/C19H20N2O3/c1-4-6-18(22)20-15-8-5-7-14(12(15)2)19-21-16-11-13(23-3)9-10-17(16)24-19/h5,7-11H,4,6H2,1-3H3,(H,20,22). The SMILES string of the molecule is CCCC(=O)Nc1cccc(-c2nc3cc(OC)ccc3o2)c1C. The summed E-state index contributed by atoms with van der Waals surface area (Å²) in [5.74, 6) is 1.28. The Kier molecular flexibility index (Phi) is 4.51. The molecule has 3 rings (SSSR count). The van der Waals surface area contributed by atoms with Crippen LogP contribution in [-0.2, 0) is 4.79 Å². The fourth-order valence-electron chi connectivity index (χ4n) is 2.59. The second-order valence-corrected chi connectivity index (χ2v) is 5.63. The normalized spacial score (nSPS) is 10.8. The molecule has 1 aromatic heterocycles. The van der Waals surface area contributed by atoms with Gasteiger partial charge >= 0.3 is 0 Å². The van der Waals surface area contributed by atoms with E-state index in [9.17, 15) is 4.79 Å². The number of carbonyl (C=O) groups excluding carboxylic acids is 1. The molecular weight excluding hydrogens is 304 g/mol. The number of carbonyl (C=O) groups is 1. The molecule has 0 fully saturated rings. The monoisotopic (exact) mass is 324 g/mol. The van der Waals surface area contributed by atoms with Gasteiger partial charge in [0.25, 0.3) is 0 Å². The number of rotatable bonds is 5. The topological polar surface area (TPSA) is 64.4 Å². The van der Waals surface area contributed by atoms with E-state index >= 15 is 0 Å². The molecule has 0 aliphatic rings. The van der Waals surface area contributed by atoms with Gasteiger partial charge in [-0.3, -0.25) is 4.79 Å². The average molecular weight is 324 g/mol. The zero-order valence-electron chi connectivity index (χ0n) is 14.1. The van der Waals surface area contributed by atoms with Crippen molar-refractivity contribution in [3.8, 4) is 17.2 Å². The van der Waals surface area contributed by atoms with Gasteiger partial charge in [0.15, 0.2) is 5.58 Å². The number of hydrogen-bond donors (Lipinski definition) is 1. The first kappa shape index (κ1) is 16.1. The van der Waals surface area contributed by atoms with Crippen LogP contribution in [0, 0.1) is 6.92 Å². The third-order valence-electron chi connectivity index (χ3n) is 3.91. The number of fused-ring (bicyclic) bond motifs is 1. The van der Waals surface area contributed by atoms with E-state index in [1.807, 2.05) is 50.2 Å². The minimum absolute atomic E-state index is 0.0139. The van der Waals surface area contributed by atoms with Gasteiger partial charge < -0.3 is 14.5 Å². The highest BCUT2D eigenvalue weighted by Gasteiger charge is 2.14. The summed E-state index contributed by atoms with van der Waals surface area (Å²) in [7, 11) is 1.62. The fourth-order valence-corrected chi connectivity index (χ4v) is 2.59. The Morgan fingerprint density at radius 1 is 1.29 bits per heavy atom. The van der Waals surface area contributed by atoms with Crippen LogP contribution in [0.4, 0.5) is 5.69 Å². The van der Waals surface area contributed by atoms with Gasteiger partial charge in [-0.25, -0.2) is 4.98 Å². The average Bonchev–Trinajstić information content (AvgIpc) is 2.99. The van der Waals surface area contributed by atoms with Crippen LogP contribution in [0.25, 0.3) is 22.6 Å². The molecule has 5 nitrogen and oxygen atoms in total. The van der Waals surface area contributed by atoms with Gasteiger partial charge in [-0.2, -0.15) is 0 Å². The van der Waals surface area contributed by atoms with Gasteiger partial charge in [0, 0.05) is 23.7 Å². The fraction of sp³-hybridized carbons (Fsp3) is 0.263. The van der Waals surface area contributed by atoms with E-state index in [1.165, 1.54) is 0 Å². The molecule has 0 radical (unpaired) electrons. The summed E-state index contributed by atoms with van der Waals surface area (Å²) in [4.78, 5) is 16.4. The van der Waals surface area contributed by atoms with Crippen molar-refractivity contribution in [2.45, 2.75) is 26.7 Å². The van der Waals surface area contributed by atoms with Crippen molar-refractivity contribution >= 4 is 22.7 Å². The number of amides is 1. The van der Waals surface area contributed by atoms with E-state index in [1.54, 1.807) is 7.11 Å². The van der Waals surface area contributed by atoms with Crippen LogP contribution >= 0.6 is 0 Å². The zero-order valence-corrected chi connectivity index (χ0v) is 14.1. The Morgan fingerprint density at radius 3 is 2.88 bits per heavy atom. The number of nitrogens with zero attached hydrogens (tertiary/aromatic N) is 1. The highest BCUT2D eigenvalue weighted by molar-refractivity contribution is 5.92. The lowest BCUT2D eigenvalue weighted by Crippen LogP contribution is -2.11. The predicted molar refractivity (Wildman–Crippen MR) is 94.3 cm³/mol. The molecule has 124 valence electrons. The summed E-state index contributed by atoms with van der Waals surface area (Å²) in [6.07, 6.45) is 1.32. The van der Waals surface area contributed by atoms with Crippen LogP contribution in [0.2, 0.25) is 0 Å². The number of benzene rings is 2. The van der Waals surface area contributed by atoms with Crippen LogP contribution < -0.4 is 10.1 Å². The lowest BCUT2D eigenvalue weighted by Gasteiger charge is -2.10. The maximum absolute atomic E-state index is 11.9. The van der Waals surface area contributed by atoms with Crippen molar-refractivity contribution in [3.63, 3.8) is 0 Å². The van der Waals surface area contributed by atoms with Crippen molar-refractivity contribution in [2.75, 3.05) is 12.4 Å². The molecular formula is C19H20N2O3. The Bertz CT molecular complexity index is 883. The molecule has 0 aliphatic carbocycles. The van der Waals surface area contributed by atoms with E-state index in [0.717, 1.165) is 34.5 Å². The first-order valence-electron chi connectivity index (χ1n) is 7.96. The summed E-state index contributed by atoms with van der Waals surface area (Å²) in [5, 5.41) is 2.94. The van der Waals surface area contributed by atoms with Crippen molar-refractivity contribution < 1.29 is 13.9 Å². The second-order valence-electron chi connectivity index (χ2n) is 5.63. The number of ether oxygens (including phenoxy) is 1. The molecule has 1 N–H and O–H groups in total. The van der Waals surface area contributed by atoms with Crippen molar-refractivity contribution in [2.24, 2.45) is 0 Å². The van der Waals surface area contributed by atoms with Crippen LogP contribution in [0.1, 0.15) is 25.3 Å². The van der Waals surface area contributed by atoms with Crippen molar-refractivity contribution in [3.05, 3.63) is 42.0 Å². The molecule has 1 amide bonds. The molecule has 1 heterocycles. The van der Waals surface area contributed by atoms with Gasteiger partial charge in [-0.15, -0.1) is 0 Å². The minimum atomic E-state index is 0.0139. The number of oxazole rings is 1. The summed E-state index contributed by atoms with van der Waals surface area (Å²) >= 11 is 0. The summed E-state index contributed by atoms with van der Waals surface area (Å²) in [6, 6.07) is 11.2. The van der Waals surface area contributed by atoms with Crippen molar-refractivity contribution in [1.82, 2.24) is 4.98 Å². The molecule has 0 saturated heterocycles.